The van der Waals surface area contributed by atoms with E-state index in [-0.39, 0.29) is 0 Å². The normalized spacial score (nSPS) is 13.4. The van der Waals surface area contributed by atoms with Gasteiger partial charge in [-0.15, -0.1) is 0 Å². The highest BCUT2D eigenvalue weighted by molar-refractivity contribution is 8.14. The summed E-state index contributed by atoms with van der Waals surface area (Å²) in [4.78, 5) is 9.35. The van der Waals surface area contributed by atoms with Gasteiger partial charge >= 0.3 is 0 Å². The predicted octanol–water partition coefficient (Wildman–Crippen LogP) is 5.54. The molecule has 0 unspecified atom stereocenters. The fraction of sp³-hybridized carbons (Fsp3) is 0.900. The molecule has 0 aliphatic rings. The van der Waals surface area contributed by atoms with Crippen LogP contribution >= 0.6 is 23.5 Å². The van der Waals surface area contributed by atoms with E-state index in [1.165, 1.54) is 25.7 Å². The molecule has 0 amide bonds. The first-order valence-electron chi connectivity index (χ1n) is 10.1. The molecule has 0 aromatic heterocycles. The average molecular weight is 403 g/mol. The van der Waals surface area contributed by atoms with Crippen molar-refractivity contribution in [1.29, 1.82) is 0 Å². The Kier molecular flexibility index (Phi) is 15.5. The standard InChI is InChI=1S/C20H42N4S2/c1-15(2)21-19(22-16(3)4)25-13-11-9-10-12-14-26-20(23-17(5)6)24-18(7)8/h15-18H,9-14H2,1-8H3,(H,21,22)(H,23,24). The van der Waals surface area contributed by atoms with Crippen LogP contribution in [0.25, 0.3) is 0 Å². The summed E-state index contributed by atoms with van der Waals surface area (Å²) in [5.74, 6) is 2.29. The van der Waals surface area contributed by atoms with Crippen LogP contribution in [0.3, 0.4) is 0 Å². The lowest BCUT2D eigenvalue weighted by molar-refractivity contribution is 0.709. The van der Waals surface area contributed by atoms with Crippen molar-refractivity contribution >= 4 is 33.9 Å². The van der Waals surface area contributed by atoms with E-state index in [0.29, 0.717) is 24.2 Å². The number of amidine groups is 2. The topological polar surface area (TPSA) is 48.8 Å². The van der Waals surface area contributed by atoms with Crippen LogP contribution in [0, 0.1) is 0 Å². The summed E-state index contributed by atoms with van der Waals surface area (Å²) < 4.78 is 0. The van der Waals surface area contributed by atoms with Gasteiger partial charge in [0, 0.05) is 35.7 Å². The van der Waals surface area contributed by atoms with Crippen LogP contribution in [-0.2, 0) is 0 Å². The second kappa shape index (κ2) is 15.7. The second-order valence-corrected chi connectivity index (χ2v) is 9.93. The highest BCUT2D eigenvalue weighted by atomic mass is 32.2. The number of nitrogens with zero attached hydrogens (tertiary/aromatic N) is 2. The molecule has 0 saturated heterocycles. The molecule has 0 aliphatic heterocycles. The van der Waals surface area contributed by atoms with Crippen LogP contribution in [0.1, 0.15) is 81.1 Å². The summed E-state index contributed by atoms with van der Waals surface area (Å²) in [6.45, 7) is 17.2. The number of rotatable bonds is 11. The van der Waals surface area contributed by atoms with Crippen molar-refractivity contribution in [2.24, 2.45) is 9.98 Å². The summed E-state index contributed by atoms with van der Waals surface area (Å²) in [5.41, 5.74) is 0. The number of hydrogen-bond donors (Lipinski definition) is 2. The second-order valence-electron chi connectivity index (χ2n) is 7.77. The Balaban J connectivity index is 3.92. The Morgan fingerprint density at radius 1 is 0.615 bits per heavy atom. The van der Waals surface area contributed by atoms with E-state index in [4.69, 9.17) is 0 Å². The Bertz CT molecular complexity index is 367. The van der Waals surface area contributed by atoms with Crippen molar-refractivity contribution < 1.29 is 0 Å². The van der Waals surface area contributed by atoms with E-state index < -0.39 is 0 Å². The molecule has 0 saturated carbocycles. The number of thioether (sulfide) groups is 2. The van der Waals surface area contributed by atoms with Gasteiger partial charge in [0.15, 0.2) is 10.3 Å². The fourth-order valence-corrected chi connectivity index (χ4v) is 4.38. The lowest BCUT2D eigenvalue weighted by Gasteiger charge is -2.14. The van der Waals surface area contributed by atoms with E-state index in [2.05, 4.69) is 76.0 Å². The fourth-order valence-electron chi connectivity index (χ4n) is 2.09. The first-order valence-corrected chi connectivity index (χ1v) is 12.1. The van der Waals surface area contributed by atoms with Gasteiger partial charge in [0.1, 0.15) is 0 Å². The lowest BCUT2D eigenvalue weighted by atomic mass is 10.2. The number of unbranched alkanes of at least 4 members (excludes halogenated alkanes) is 3. The molecule has 0 spiro atoms. The van der Waals surface area contributed by atoms with Crippen molar-refractivity contribution in [1.82, 2.24) is 10.6 Å². The van der Waals surface area contributed by atoms with Gasteiger partial charge in [0.25, 0.3) is 0 Å². The van der Waals surface area contributed by atoms with Crippen LogP contribution in [0.4, 0.5) is 0 Å². The van der Waals surface area contributed by atoms with Crippen LogP contribution < -0.4 is 10.6 Å². The summed E-state index contributed by atoms with van der Waals surface area (Å²) in [5, 5.41) is 9.10. The smallest absolute Gasteiger partial charge is 0.156 e. The van der Waals surface area contributed by atoms with Gasteiger partial charge < -0.3 is 10.6 Å². The molecule has 2 N–H and O–H groups in total. The molecule has 0 atom stereocenters. The summed E-state index contributed by atoms with van der Waals surface area (Å²) >= 11 is 3.73. The SMILES string of the molecule is CC(C)N=C(NC(C)C)SCCCCCCSC(=NC(C)C)NC(C)C. The Morgan fingerprint density at radius 2 is 0.962 bits per heavy atom. The molecule has 0 aromatic rings. The van der Waals surface area contributed by atoms with E-state index in [9.17, 15) is 0 Å². The predicted molar refractivity (Wildman–Crippen MR) is 125 cm³/mol. The maximum atomic E-state index is 4.68. The zero-order valence-corrected chi connectivity index (χ0v) is 19.9. The quantitative estimate of drug-likeness (QED) is 0.271. The van der Waals surface area contributed by atoms with Crippen LogP contribution in [0.2, 0.25) is 0 Å². The van der Waals surface area contributed by atoms with Gasteiger partial charge in [-0.1, -0.05) is 36.4 Å². The number of aliphatic imine (C=N–C) groups is 2. The van der Waals surface area contributed by atoms with Gasteiger partial charge in [0.05, 0.1) is 0 Å². The van der Waals surface area contributed by atoms with Crippen LogP contribution in [0.15, 0.2) is 9.98 Å². The first kappa shape index (κ1) is 25.6. The summed E-state index contributed by atoms with van der Waals surface area (Å²) in [6, 6.07) is 1.58. The molecule has 0 radical (unpaired) electrons. The molecule has 0 aromatic carbocycles. The highest BCUT2D eigenvalue weighted by Crippen LogP contribution is 2.13. The molecular formula is C20H42N4S2. The molecular weight excluding hydrogens is 360 g/mol. The van der Waals surface area contributed by atoms with E-state index in [1.807, 2.05) is 23.5 Å². The number of nitrogens with one attached hydrogen (secondary N) is 2. The van der Waals surface area contributed by atoms with Gasteiger partial charge in [-0.2, -0.15) is 0 Å². The van der Waals surface area contributed by atoms with Crippen molar-refractivity contribution in [3.8, 4) is 0 Å². The Labute approximate surface area is 171 Å². The molecule has 0 bridgehead atoms. The van der Waals surface area contributed by atoms with Gasteiger partial charge in [-0.05, 0) is 68.2 Å². The minimum atomic E-state index is 0.349. The molecule has 0 aliphatic carbocycles. The van der Waals surface area contributed by atoms with Gasteiger partial charge in [0.2, 0.25) is 0 Å². The highest BCUT2D eigenvalue weighted by Gasteiger charge is 2.05. The monoisotopic (exact) mass is 402 g/mol. The molecule has 26 heavy (non-hydrogen) atoms. The van der Waals surface area contributed by atoms with Gasteiger partial charge in [-0.25, -0.2) is 0 Å². The number of hydrogen-bond acceptors (Lipinski definition) is 4. The minimum Gasteiger partial charge on any atom is -0.363 e. The van der Waals surface area contributed by atoms with Crippen LogP contribution in [0.5, 0.6) is 0 Å². The molecule has 6 heteroatoms. The maximum absolute atomic E-state index is 4.68. The molecule has 154 valence electrons. The van der Waals surface area contributed by atoms with Gasteiger partial charge in [-0.3, -0.25) is 9.98 Å². The maximum Gasteiger partial charge on any atom is 0.156 e. The molecule has 0 rings (SSSR count). The third-order valence-corrected chi connectivity index (χ3v) is 5.07. The van der Waals surface area contributed by atoms with E-state index >= 15 is 0 Å². The third-order valence-electron chi connectivity index (χ3n) is 3.09. The molecule has 4 nitrogen and oxygen atoms in total. The third kappa shape index (κ3) is 17.1. The lowest BCUT2D eigenvalue weighted by Crippen LogP contribution is -2.29. The molecule has 0 heterocycles. The summed E-state index contributed by atoms with van der Waals surface area (Å²) in [7, 11) is 0. The summed E-state index contributed by atoms with van der Waals surface area (Å²) in [6.07, 6.45) is 5.09. The zero-order valence-electron chi connectivity index (χ0n) is 18.3. The Hall–Kier alpha value is -0.360. The van der Waals surface area contributed by atoms with Crippen LogP contribution in [-0.4, -0.2) is 46.0 Å². The average Bonchev–Trinajstić information content (AvgIpc) is 2.47. The van der Waals surface area contributed by atoms with E-state index in [0.717, 1.165) is 21.8 Å². The van der Waals surface area contributed by atoms with Crippen molar-refractivity contribution in [2.45, 2.75) is 105 Å². The molecule has 0 fully saturated rings. The van der Waals surface area contributed by atoms with Crippen molar-refractivity contribution in [2.75, 3.05) is 11.5 Å². The van der Waals surface area contributed by atoms with Crippen molar-refractivity contribution in [3.63, 3.8) is 0 Å². The van der Waals surface area contributed by atoms with E-state index in [1.54, 1.807) is 0 Å². The Morgan fingerprint density at radius 3 is 1.23 bits per heavy atom. The first-order chi connectivity index (χ1) is 12.2. The largest absolute Gasteiger partial charge is 0.363 e. The van der Waals surface area contributed by atoms with Crippen molar-refractivity contribution in [3.05, 3.63) is 0 Å². The minimum absolute atomic E-state index is 0.349. The zero-order chi connectivity index (χ0) is 19.9.